The molecule has 0 aliphatic heterocycles. The van der Waals surface area contributed by atoms with Crippen molar-refractivity contribution in [2.75, 3.05) is 17.6 Å². The number of hydrogen-bond donors (Lipinski definition) is 2. The quantitative estimate of drug-likeness (QED) is 0.822. The van der Waals surface area contributed by atoms with Gasteiger partial charge in [0.1, 0.15) is 5.82 Å². The van der Waals surface area contributed by atoms with Crippen molar-refractivity contribution in [3.63, 3.8) is 0 Å². The first-order valence-corrected chi connectivity index (χ1v) is 6.29. The van der Waals surface area contributed by atoms with Gasteiger partial charge in [0, 0.05) is 13.1 Å². The van der Waals surface area contributed by atoms with E-state index in [1.54, 1.807) is 0 Å². The van der Waals surface area contributed by atoms with Gasteiger partial charge in [-0.05, 0) is 32.6 Å². The molecular weight excluding hydrogens is 200 g/mol. The van der Waals surface area contributed by atoms with Crippen molar-refractivity contribution in [3.05, 3.63) is 5.69 Å². The number of anilines is 2. The van der Waals surface area contributed by atoms with Crippen molar-refractivity contribution in [2.24, 2.45) is 5.92 Å². The maximum absolute atomic E-state index is 6.02. The smallest absolute Gasteiger partial charge is 0.148 e. The van der Waals surface area contributed by atoms with E-state index in [1.165, 1.54) is 25.7 Å². The molecule has 1 aliphatic rings. The number of nitrogens with two attached hydrogens (primary N) is 1. The van der Waals surface area contributed by atoms with Crippen molar-refractivity contribution in [2.45, 2.75) is 46.1 Å². The molecule has 4 nitrogen and oxygen atoms in total. The van der Waals surface area contributed by atoms with E-state index in [1.807, 2.05) is 11.6 Å². The highest BCUT2D eigenvalue weighted by molar-refractivity contribution is 5.64. The number of hydrogen-bond acceptors (Lipinski definition) is 3. The summed E-state index contributed by atoms with van der Waals surface area (Å²) in [7, 11) is 0. The summed E-state index contributed by atoms with van der Waals surface area (Å²) in [4.78, 5) is 0. The van der Waals surface area contributed by atoms with Crippen LogP contribution in [-0.2, 0) is 6.54 Å². The first kappa shape index (κ1) is 11.3. The van der Waals surface area contributed by atoms with Crippen LogP contribution in [0.3, 0.4) is 0 Å². The van der Waals surface area contributed by atoms with Crippen molar-refractivity contribution < 1.29 is 0 Å². The molecule has 0 aromatic carbocycles. The third-order valence-electron chi connectivity index (χ3n) is 3.51. The largest absolute Gasteiger partial charge is 0.394 e. The molecule has 0 atom stereocenters. The van der Waals surface area contributed by atoms with Crippen molar-refractivity contribution in [1.29, 1.82) is 0 Å². The van der Waals surface area contributed by atoms with E-state index in [2.05, 4.69) is 17.3 Å². The topological polar surface area (TPSA) is 55.9 Å². The van der Waals surface area contributed by atoms with Crippen LogP contribution in [0.25, 0.3) is 0 Å². The highest BCUT2D eigenvalue weighted by Gasteiger charge is 2.17. The van der Waals surface area contributed by atoms with Crippen molar-refractivity contribution >= 4 is 11.5 Å². The summed E-state index contributed by atoms with van der Waals surface area (Å²) in [6, 6.07) is 0. The lowest BCUT2D eigenvalue weighted by Crippen LogP contribution is -2.15. The molecule has 90 valence electrons. The molecule has 1 saturated carbocycles. The SMILES string of the molecule is CCn1nc(C)c(N)c1NCC1CCCC1. The lowest BCUT2D eigenvalue weighted by molar-refractivity contribution is 0.572. The molecule has 0 bridgehead atoms. The predicted octanol–water partition coefficient (Wildman–Crippen LogP) is 2.40. The molecule has 3 N–H and O–H groups in total. The van der Waals surface area contributed by atoms with Gasteiger partial charge in [0.05, 0.1) is 11.4 Å². The Balaban J connectivity index is 2.01. The maximum atomic E-state index is 6.02. The van der Waals surface area contributed by atoms with Crippen LogP contribution in [0.1, 0.15) is 38.3 Å². The van der Waals surface area contributed by atoms with Crippen molar-refractivity contribution in [3.8, 4) is 0 Å². The Bertz CT molecular complexity index is 350. The standard InChI is InChI=1S/C12H22N4/c1-3-16-12(11(13)9(2)15-16)14-8-10-6-4-5-7-10/h10,14H,3-8,13H2,1-2H3. The highest BCUT2D eigenvalue weighted by Crippen LogP contribution is 2.27. The van der Waals surface area contributed by atoms with E-state index in [0.29, 0.717) is 0 Å². The predicted molar refractivity (Wildman–Crippen MR) is 67.5 cm³/mol. The molecule has 0 unspecified atom stereocenters. The molecule has 0 amide bonds. The van der Waals surface area contributed by atoms with Gasteiger partial charge in [0.25, 0.3) is 0 Å². The Morgan fingerprint density at radius 2 is 2.12 bits per heavy atom. The third-order valence-corrected chi connectivity index (χ3v) is 3.51. The first-order valence-electron chi connectivity index (χ1n) is 6.29. The minimum absolute atomic E-state index is 0.805. The second kappa shape index (κ2) is 4.76. The van der Waals surface area contributed by atoms with Gasteiger partial charge in [-0.25, -0.2) is 4.68 Å². The summed E-state index contributed by atoms with van der Waals surface area (Å²) < 4.78 is 1.96. The van der Waals surface area contributed by atoms with Gasteiger partial charge in [-0.2, -0.15) is 5.10 Å². The van der Waals surface area contributed by atoms with Crippen LogP contribution in [0.15, 0.2) is 0 Å². The van der Waals surface area contributed by atoms with Crippen LogP contribution in [0.5, 0.6) is 0 Å². The van der Waals surface area contributed by atoms with Gasteiger partial charge < -0.3 is 11.1 Å². The van der Waals surface area contributed by atoms with Gasteiger partial charge >= 0.3 is 0 Å². The van der Waals surface area contributed by atoms with Crippen LogP contribution in [0.4, 0.5) is 11.5 Å². The Kier molecular flexibility index (Phi) is 3.36. The molecule has 1 aromatic rings. The van der Waals surface area contributed by atoms with Crippen molar-refractivity contribution in [1.82, 2.24) is 9.78 Å². The normalized spacial score (nSPS) is 16.9. The molecule has 1 heterocycles. The molecule has 1 aromatic heterocycles. The molecule has 4 heteroatoms. The Labute approximate surface area is 97.2 Å². The molecule has 0 spiro atoms. The molecule has 1 fully saturated rings. The van der Waals surface area contributed by atoms with E-state index < -0.39 is 0 Å². The second-order valence-electron chi connectivity index (χ2n) is 4.69. The number of aromatic nitrogens is 2. The van der Waals surface area contributed by atoms with Crippen LogP contribution >= 0.6 is 0 Å². The van der Waals surface area contributed by atoms with Gasteiger partial charge in [-0.1, -0.05) is 12.8 Å². The summed E-state index contributed by atoms with van der Waals surface area (Å²) >= 11 is 0. The van der Waals surface area contributed by atoms with Crippen LogP contribution < -0.4 is 11.1 Å². The van der Waals surface area contributed by atoms with Gasteiger partial charge in [0.15, 0.2) is 0 Å². The van der Waals surface area contributed by atoms with Crippen LogP contribution in [0, 0.1) is 12.8 Å². The number of nitrogens with zero attached hydrogens (tertiary/aromatic N) is 2. The van der Waals surface area contributed by atoms with Crippen LogP contribution in [0.2, 0.25) is 0 Å². The minimum atomic E-state index is 0.805. The van der Waals surface area contributed by atoms with E-state index in [9.17, 15) is 0 Å². The summed E-state index contributed by atoms with van der Waals surface area (Å²) in [6.45, 7) is 5.95. The molecule has 0 saturated heterocycles. The summed E-state index contributed by atoms with van der Waals surface area (Å²) in [5, 5.41) is 7.87. The van der Waals surface area contributed by atoms with E-state index >= 15 is 0 Å². The van der Waals surface area contributed by atoms with Gasteiger partial charge in [-0.3, -0.25) is 0 Å². The van der Waals surface area contributed by atoms with Gasteiger partial charge in [0.2, 0.25) is 0 Å². The summed E-state index contributed by atoms with van der Waals surface area (Å²) in [6.07, 6.45) is 5.47. The first-order chi connectivity index (χ1) is 7.72. The lowest BCUT2D eigenvalue weighted by Gasteiger charge is -2.13. The average molecular weight is 222 g/mol. The summed E-state index contributed by atoms with van der Waals surface area (Å²) in [5.74, 6) is 1.83. The summed E-state index contributed by atoms with van der Waals surface area (Å²) in [5.41, 5.74) is 7.75. The maximum Gasteiger partial charge on any atom is 0.148 e. The fraction of sp³-hybridized carbons (Fsp3) is 0.750. The second-order valence-corrected chi connectivity index (χ2v) is 4.69. The van der Waals surface area contributed by atoms with E-state index in [0.717, 1.165) is 36.2 Å². The Morgan fingerprint density at radius 1 is 1.44 bits per heavy atom. The molecule has 1 aliphatic carbocycles. The van der Waals surface area contributed by atoms with Crippen LogP contribution in [-0.4, -0.2) is 16.3 Å². The molecular formula is C12H22N4. The van der Waals surface area contributed by atoms with Gasteiger partial charge in [-0.15, -0.1) is 0 Å². The monoisotopic (exact) mass is 222 g/mol. The number of nitrogen functional groups attached to an aromatic ring is 1. The zero-order valence-corrected chi connectivity index (χ0v) is 10.3. The third kappa shape index (κ3) is 2.15. The number of aryl methyl sites for hydroxylation is 2. The molecule has 16 heavy (non-hydrogen) atoms. The Hall–Kier alpha value is -1.19. The molecule has 2 rings (SSSR count). The minimum Gasteiger partial charge on any atom is -0.394 e. The fourth-order valence-corrected chi connectivity index (χ4v) is 2.47. The Morgan fingerprint density at radius 3 is 2.75 bits per heavy atom. The number of rotatable bonds is 4. The zero-order valence-electron chi connectivity index (χ0n) is 10.3. The van der Waals surface area contributed by atoms with E-state index in [-0.39, 0.29) is 0 Å². The lowest BCUT2D eigenvalue weighted by atomic mass is 10.1. The van der Waals surface area contributed by atoms with E-state index in [4.69, 9.17) is 5.73 Å². The highest BCUT2D eigenvalue weighted by atomic mass is 15.3. The molecule has 0 radical (unpaired) electrons. The number of nitrogens with one attached hydrogen (secondary N) is 1. The average Bonchev–Trinajstić information content (AvgIpc) is 2.87. The fourth-order valence-electron chi connectivity index (χ4n) is 2.47. The zero-order chi connectivity index (χ0) is 11.5.